The highest BCUT2D eigenvalue weighted by atomic mass is 32.2. The van der Waals surface area contributed by atoms with E-state index in [2.05, 4.69) is 15.4 Å². The van der Waals surface area contributed by atoms with Crippen LogP contribution in [-0.2, 0) is 14.8 Å². The van der Waals surface area contributed by atoms with Gasteiger partial charge in [-0.1, -0.05) is 6.07 Å². The molecule has 4 rings (SSSR count). The van der Waals surface area contributed by atoms with Crippen LogP contribution in [0.1, 0.15) is 17.3 Å². The van der Waals surface area contributed by atoms with Crippen LogP contribution in [0.3, 0.4) is 0 Å². The number of nitrogens with one attached hydrogen (secondary N) is 1. The first kappa shape index (κ1) is 21.7. The Morgan fingerprint density at radius 3 is 2.47 bits per heavy atom. The van der Waals surface area contributed by atoms with Gasteiger partial charge >= 0.3 is 0 Å². The predicted octanol–water partition coefficient (Wildman–Crippen LogP) is 1.37. The standard InChI is InChI=1S/C21H22N6O4S/c1-16(28)25-11-13-26(14-12-25)32(30,31)18-6-2-5-17(15-18)21(29)24-19-7-3-8-22-20(19)27-10-4-9-23-27/h2-10,15H,11-14H2,1H3,(H,24,29). The Labute approximate surface area is 185 Å². The second kappa shape index (κ2) is 8.89. The van der Waals surface area contributed by atoms with Crippen molar-refractivity contribution >= 4 is 27.5 Å². The zero-order valence-electron chi connectivity index (χ0n) is 17.4. The molecule has 0 bridgehead atoms. The molecule has 2 aromatic heterocycles. The smallest absolute Gasteiger partial charge is 0.255 e. The molecule has 11 heteroatoms. The molecule has 0 saturated carbocycles. The minimum absolute atomic E-state index is 0.0277. The third-order valence-electron chi connectivity index (χ3n) is 5.17. The van der Waals surface area contributed by atoms with Gasteiger partial charge in [-0.3, -0.25) is 9.59 Å². The van der Waals surface area contributed by atoms with Gasteiger partial charge in [0.2, 0.25) is 15.9 Å². The molecule has 32 heavy (non-hydrogen) atoms. The fraction of sp³-hybridized carbons (Fsp3) is 0.238. The van der Waals surface area contributed by atoms with Gasteiger partial charge in [0.1, 0.15) is 0 Å². The zero-order chi connectivity index (χ0) is 22.7. The lowest BCUT2D eigenvalue weighted by Crippen LogP contribution is -2.49. The summed E-state index contributed by atoms with van der Waals surface area (Å²) in [4.78, 5) is 30.3. The number of carbonyl (C=O) groups is 2. The Morgan fingerprint density at radius 1 is 1.00 bits per heavy atom. The average molecular weight is 455 g/mol. The molecule has 10 nitrogen and oxygen atoms in total. The summed E-state index contributed by atoms with van der Waals surface area (Å²) in [5.74, 6) is -0.103. The van der Waals surface area contributed by atoms with Crippen molar-refractivity contribution in [1.29, 1.82) is 0 Å². The van der Waals surface area contributed by atoms with E-state index in [9.17, 15) is 18.0 Å². The van der Waals surface area contributed by atoms with Gasteiger partial charge in [0.15, 0.2) is 5.82 Å². The molecule has 0 spiro atoms. The van der Waals surface area contributed by atoms with Crippen molar-refractivity contribution in [3.63, 3.8) is 0 Å². The summed E-state index contributed by atoms with van der Waals surface area (Å²) >= 11 is 0. The SMILES string of the molecule is CC(=O)N1CCN(S(=O)(=O)c2cccc(C(=O)Nc3cccnc3-n3cccn3)c2)CC1. The molecule has 1 aliphatic rings. The number of hydrogen-bond donors (Lipinski definition) is 1. The molecule has 0 radical (unpaired) electrons. The van der Waals surface area contributed by atoms with Crippen molar-refractivity contribution in [2.45, 2.75) is 11.8 Å². The largest absolute Gasteiger partial charge is 0.340 e. The maximum atomic E-state index is 13.1. The van der Waals surface area contributed by atoms with E-state index in [0.717, 1.165) is 0 Å². The minimum Gasteiger partial charge on any atom is -0.340 e. The van der Waals surface area contributed by atoms with E-state index < -0.39 is 15.9 Å². The fourth-order valence-electron chi connectivity index (χ4n) is 3.46. The second-order valence-electron chi connectivity index (χ2n) is 7.22. The number of nitrogens with zero attached hydrogens (tertiary/aromatic N) is 5. The lowest BCUT2D eigenvalue weighted by atomic mass is 10.2. The number of amides is 2. The molecule has 3 heterocycles. The van der Waals surface area contributed by atoms with Gasteiger partial charge in [0.05, 0.1) is 10.6 Å². The number of carbonyl (C=O) groups excluding carboxylic acids is 2. The highest BCUT2D eigenvalue weighted by Gasteiger charge is 2.29. The Kier molecular flexibility index (Phi) is 6.01. The molecule has 2 amide bonds. The zero-order valence-corrected chi connectivity index (χ0v) is 18.2. The summed E-state index contributed by atoms with van der Waals surface area (Å²) in [5.41, 5.74) is 0.638. The molecule has 1 aromatic carbocycles. The maximum Gasteiger partial charge on any atom is 0.255 e. The lowest BCUT2D eigenvalue weighted by Gasteiger charge is -2.33. The van der Waals surface area contributed by atoms with Crippen LogP contribution in [0, 0.1) is 0 Å². The number of sulfonamides is 1. The van der Waals surface area contributed by atoms with Gasteiger partial charge in [0.25, 0.3) is 5.91 Å². The third-order valence-corrected chi connectivity index (χ3v) is 7.07. The number of rotatable bonds is 5. The summed E-state index contributed by atoms with van der Waals surface area (Å²) in [6.45, 7) is 2.56. The monoisotopic (exact) mass is 454 g/mol. The highest BCUT2D eigenvalue weighted by molar-refractivity contribution is 7.89. The van der Waals surface area contributed by atoms with Crippen LogP contribution in [-0.4, -0.2) is 70.4 Å². The molecular formula is C21H22N6O4S. The summed E-state index contributed by atoms with van der Waals surface area (Å²) in [6.07, 6.45) is 4.90. The van der Waals surface area contributed by atoms with E-state index in [1.54, 1.807) is 47.8 Å². The second-order valence-corrected chi connectivity index (χ2v) is 9.16. The lowest BCUT2D eigenvalue weighted by molar-refractivity contribution is -0.129. The van der Waals surface area contributed by atoms with Crippen LogP contribution in [0.2, 0.25) is 0 Å². The number of piperazine rings is 1. The molecule has 166 valence electrons. The fourth-order valence-corrected chi connectivity index (χ4v) is 4.92. The molecule has 0 unspecified atom stereocenters. The van der Waals surface area contributed by atoms with Gasteiger partial charge in [-0.25, -0.2) is 18.1 Å². The van der Waals surface area contributed by atoms with Crippen molar-refractivity contribution in [2.24, 2.45) is 0 Å². The minimum atomic E-state index is -3.79. The summed E-state index contributed by atoms with van der Waals surface area (Å²) < 4.78 is 29.0. The van der Waals surface area contributed by atoms with E-state index in [4.69, 9.17) is 0 Å². The number of anilines is 1. The number of pyridine rings is 1. The van der Waals surface area contributed by atoms with Crippen molar-refractivity contribution in [1.82, 2.24) is 24.0 Å². The van der Waals surface area contributed by atoms with Crippen LogP contribution < -0.4 is 5.32 Å². The molecule has 1 aliphatic heterocycles. The van der Waals surface area contributed by atoms with E-state index in [-0.39, 0.29) is 29.5 Å². The molecular weight excluding hydrogens is 432 g/mol. The molecule has 0 aliphatic carbocycles. The van der Waals surface area contributed by atoms with Gasteiger partial charge in [-0.05, 0) is 36.4 Å². The third kappa shape index (κ3) is 4.39. The Balaban J connectivity index is 1.54. The number of hydrogen-bond acceptors (Lipinski definition) is 6. The first-order valence-electron chi connectivity index (χ1n) is 9.98. The van der Waals surface area contributed by atoms with Crippen molar-refractivity contribution < 1.29 is 18.0 Å². The Hall–Kier alpha value is -3.57. The topological polar surface area (TPSA) is 118 Å². The van der Waals surface area contributed by atoms with Crippen molar-refractivity contribution in [3.8, 4) is 5.82 Å². The van der Waals surface area contributed by atoms with Gasteiger partial charge in [-0.2, -0.15) is 9.40 Å². The first-order valence-corrected chi connectivity index (χ1v) is 11.4. The Morgan fingerprint density at radius 2 is 1.78 bits per heavy atom. The molecule has 0 atom stereocenters. The average Bonchev–Trinajstić information content (AvgIpc) is 3.34. The van der Waals surface area contributed by atoms with Gasteiger partial charge < -0.3 is 10.2 Å². The maximum absolute atomic E-state index is 13.1. The van der Waals surface area contributed by atoms with Crippen molar-refractivity contribution in [3.05, 3.63) is 66.6 Å². The quantitative estimate of drug-likeness (QED) is 0.622. The molecule has 1 fully saturated rings. The van der Waals surface area contributed by atoms with Crippen LogP contribution in [0.15, 0.2) is 66.0 Å². The normalized spacial score (nSPS) is 14.8. The first-order chi connectivity index (χ1) is 15.4. The van der Waals surface area contributed by atoms with E-state index >= 15 is 0 Å². The Bertz CT molecular complexity index is 1230. The molecule has 1 saturated heterocycles. The summed E-state index contributed by atoms with van der Waals surface area (Å²) in [7, 11) is -3.79. The van der Waals surface area contributed by atoms with Crippen LogP contribution in [0.5, 0.6) is 0 Å². The molecule has 1 N–H and O–H groups in total. The van der Waals surface area contributed by atoms with Crippen LogP contribution in [0.25, 0.3) is 5.82 Å². The number of benzene rings is 1. The van der Waals surface area contributed by atoms with Gasteiger partial charge in [0, 0.05) is 57.3 Å². The summed E-state index contributed by atoms with van der Waals surface area (Å²) in [5, 5.41) is 6.91. The van der Waals surface area contributed by atoms with Crippen molar-refractivity contribution in [2.75, 3.05) is 31.5 Å². The predicted molar refractivity (Wildman–Crippen MR) is 117 cm³/mol. The van der Waals surface area contributed by atoms with Gasteiger partial charge in [-0.15, -0.1) is 0 Å². The molecule has 3 aromatic rings. The van der Waals surface area contributed by atoms with Crippen LogP contribution >= 0.6 is 0 Å². The van der Waals surface area contributed by atoms with Crippen LogP contribution in [0.4, 0.5) is 5.69 Å². The van der Waals surface area contributed by atoms with E-state index in [0.29, 0.717) is 24.6 Å². The van der Waals surface area contributed by atoms with E-state index in [1.165, 1.54) is 34.1 Å². The van der Waals surface area contributed by atoms with E-state index in [1.807, 2.05) is 0 Å². The number of aromatic nitrogens is 3. The summed E-state index contributed by atoms with van der Waals surface area (Å²) in [6, 6.07) is 11.0. The highest BCUT2D eigenvalue weighted by Crippen LogP contribution is 2.21.